The Morgan fingerprint density at radius 2 is 1.67 bits per heavy atom. The summed E-state index contributed by atoms with van der Waals surface area (Å²) in [5, 5.41) is 21.9. The Morgan fingerprint density at radius 3 is 2.36 bits per heavy atom. The molecule has 2 fully saturated rings. The summed E-state index contributed by atoms with van der Waals surface area (Å²) in [5.74, 6) is -0.674. The molecule has 3 aromatic rings. The number of amides is 1. The summed E-state index contributed by atoms with van der Waals surface area (Å²) < 4.78 is 11.0. The van der Waals surface area contributed by atoms with Crippen molar-refractivity contribution in [2.24, 2.45) is 0 Å². The number of hydrogen-bond acceptors (Lipinski definition) is 6. The van der Waals surface area contributed by atoms with Crippen LogP contribution in [0.3, 0.4) is 0 Å². The fourth-order valence-electron chi connectivity index (χ4n) is 5.61. The molecule has 0 bridgehead atoms. The van der Waals surface area contributed by atoms with Gasteiger partial charge in [0, 0.05) is 31.1 Å². The minimum Gasteiger partial charge on any atom is -0.395 e. The summed E-state index contributed by atoms with van der Waals surface area (Å²) >= 11 is 17.0. The average molecular weight is 634 g/mol. The van der Waals surface area contributed by atoms with Crippen LogP contribution in [0.15, 0.2) is 72.8 Å². The molecular weight excluding hydrogens is 599 g/mol. The predicted molar refractivity (Wildman–Crippen MR) is 164 cm³/mol. The van der Waals surface area contributed by atoms with Crippen molar-refractivity contribution < 1.29 is 24.5 Å². The number of aliphatic hydroxyl groups excluding tert-OH is 2. The number of nitrogens with zero attached hydrogens (tertiary/aromatic N) is 1. The van der Waals surface area contributed by atoms with Crippen LogP contribution in [0.2, 0.25) is 0 Å². The maximum Gasteiger partial charge on any atom is 0.272 e. The third kappa shape index (κ3) is 7.84. The Bertz CT molecular complexity index is 1330. The van der Waals surface area contributed by atoms with Crippen LogP contribution in [0, 0.1) is 0 Å². The molecule has 2 aliphatic heterocycles. The topological polar surface area (TPSA) is 91.3 Å². The van der Waals surface area contributed by atoms with E-state index >= 15 is 0 Å². The lowest BCUT2D eigenvalue weighted by Gasteiger charge is -2.38. The lowest BCUT2D eigenvalue weighted by Crippen LogP contribution is -2.42. The van der Waals surface area contributed by atoms with E-state index in [-0.39, 0.29) is 38.0 Å². The standard InChI is InChI=1S/C32H35Cl3N2O5/c33-32(34,35)31(40)36-17-22-3-1-4-26(15-22)23-10-12-25(13-11-23)30-41-28(18-37-14-2-5-27(37)20-39)16-29(42-30)24-8-6-21(19-38)7-9-24/h1,3-4,6-13,15,27-30,38-39H,2,5,14,16-20H2,(H,36,40)/t27-,28+,29-,30-/m0/s1. The fraction of sp³-hybridized carbons (Fsp3) is 0.406. The first-order chi connectivity index (χ1) is 20.2. The molecule has 1 amide bonds. The lowest BCUT2D eigenvalue weighted by atomic mass is 9.98. The first-order valence-electron chi connectivity index (χ1n) is 14.1. The number of carbonyl (C=O) groups excluding carboxylic acids is 1. The summed E-state index contributed by atoms with van der Waals surface area (Å²) in [7, 11) is 0. The third-order valence-corrected chi connectivity index (χ3v) is 8.43. The molecule has 10 heteroatoms. The zero-order valence-corrected chi connectivity index (χ0v) is 25.4. The van der Waals surface area contributed by atoms with Gasteiger partial charge in [0.15, 0.2) is 6.29 Å². The van der Waals surface area contributed by atoms with Gasteiger partial charge in [-0.05, 0) is 53.3 Å². The van der Waals surface area contributed by atoms with Gasteiger partial charge in [-0.25, -0.2) is 0 Å². The third-order valence-electron chi connectivity index (χ3n) is 7.92. The van der Waals surface area contributed by atoms with Gasteiger partial charge in [-0.15, -0.1) is 0 Å². The van der Waals surface area contributed by atoms with Crippen molar-refractivity contribution in [1.82, 2.24) is 10.2 Å². The van der Waals surface area contributed by atoms with Gasteiger partial charge in [-0.1, -0.05) is 102 Å². The number of ether oxygens (including phenoxy) is 2. The van der Waals surface area contributed by atoms with E-state index in [2.05, 4.69) is 10.2 Å². The lowest BCUT2D eigenvalue weighted by molar-refractivity contribution is -0.253. The summed E-state index contributed by atoms with van der Waals surface area (Å²) in [6.07, 6.45) is 1.97. The Hall–Kier alpha value is -2.20. The second-order valence-corrected chi connectivity index (χ2v) is 13.1. The van der Waals surface area contributed by atoms with Gasteiger partial charge < -0.3 is 25.0 Å². The Labute approximate surface area is 261 Å². The highest BCUT2D eigenvalue weighted by Gasteiger charge is 2.35. The van der Waals surface area contributed by atoms with Crippen molar-refractivity contribution in [1.29, 1.82) is 0 Å². The predicted octanol–water partition coefficient (Wildman–Crippen LogP) is 5.83. The molecule has 224 valence electrons. The van der Waals surface area contributed by atoms with Gasteiger partial charge >= 0.3 is 0 Å². The smallest absolute Gasteiger partial charge is 0.272 e. The van der Waals surface area contributed by atoms with Crippen molar-refractivity contribution in [3.8, 4) is 11.1 Å². The van der Waals surface area contributed by atoms with E-state index in [0.29, 0.717) is 6.42 Å². The monoisotopic (exact) mass is 632 g/mol. The van der Waals surface area contributed by atoms with Crippen LogP contribution in [0.4, 0.5) is 0 Å². The van der Waals surface area contributed by atoms with Crippen molar-refractivity contribution in [2.75, 3.05) is 19.7 Å². The summed E-state index contributed by atoms with van der Waals surface area (Å²) in [6.45, 7) is 2.07. The molecule has 0 aromatic heterocycles. The maximum atomic E-state index is 11.9. The highest BCUT2D eigenvalue weighted by molar-refractivity contribution is 6.76. The molecule has 0 spiro atoms. The highest BCUT2D eigenvalue weighted by Crippen LogP contribution is 2.39. The van der Waals surface area contributed by atoms with E-state index < -0.39 is 16.0 Å². The van der Waals surface area contributed by atoms with Gasteiger partial charge in [-0.3, -0.25) is 9.69 Å². The molecule has 3 aromatic carbocycles. The van der Waals surface area contributed by atoms with Crippen LogP contribution >= 0.6 is 34.8 Å². The van der Waals surface area contributed by atoms with Crippen LogP contribution in [0.5, 0.6) is 0 Å². The van der Waals surface area contributed by atoms with Gasteiger partial charge in [0.2, 0.25) is 0 Å². The molecule has 42 heavy (non-hydrogen) atoms. The molecule has 2 aliphatic rings. The number of benzene rings is 3. The molecule has 0 saturated carbocycles. The fourth-order valence-corrected chi connectivity index (χ4v) is 5.81. The highest BCUT2D eigenvalue weighted by atomic mass is 35.6. The van der Waals surface area contributed by atoms with Crippen LogP contribution < -0.4 is 5.32 Å². The quantitative estimate of drug-likeness (QED) is 0.257. The van der Waals surface area contributed by atoms with E-state index in [0.717, 1.165) is 59.3 Å². The number of aliphatic hydroxyl groups is 2. The zero-order chi connectivity index (χ0) is 29.7. The average Bonchev–Trinajstić information content (AvgIpc) is 3.46. The molecule has 4 atom stereocenters. The number of carbonyl (C=O) groups is 1. The summed E-state index contributed by atoms with van der Waals surface area (Å²) in [5.41, 5.74) is 5.66. The normalized spacial score (nSPS) is 23.2. The van der Waals surface area contributed by atoms with Crippen molar-refractivity contribution in [3.63, 3.8) is 0 Å². The minimum atomic E-state index is -2.01. The Balaban J connectivity index is 1.32. The van der Waals surface area contributed by atoms with Crippen LogP contribution in [0.1, 0.15) is 53.9 Å². The molecule has 2 saturated heterocycles. The number of hydrogen-bond donors (Lipinski definition) is 3. The van der Waals surface area contributed by atoms with E-state index in [1.165, 1.54) is 0 Å². The number of halogens is 3. The van der Waals surface area contributed by atoms with E-state index in [9.17, 15) is 15.0 Å². The minimum absolute atomic E-state index is 0.00345. The van der Waals surface area contributed by atoms with Crippen LogP contribution in [-0.2, 0) is 27.4 Å². The maximum absolute atomic E-state index is 11.9. The van der Waals surface area contributed by atoms with Crippen LogP contribution in [-0.4, -0.2) is 56.7 Å². The Kier molecular flexibility index (Phi) is 10.5. The molecule has 3 N–H and O–H groups in total. The number of rotatable bonds is 9. The molecular formula is C32H35Cl3N2O5. The second kappa shape index (κ2) is 14.1. The van der Waals surface area contributed by atoms with Crippen molar-refractivity contribution >= 4 is 40.7 Å². The number of alkyl halides is 3. The van der Waals surface area contributed by atoms with Crippen molar-refractivity contribution in [2.45, 2.75) is 60.7 Å². The molecule has 0 radical (unpaired) electrons. The molecule has 7 nitrogen and oxygen atoms in total. The van der Waals surface area contributed by atoms with Gasteiger partial charge in [0.1, 0.15) is 0 Å². The van der Waals surface area contributed by atoms with E-state index in [4.69, 9.17) is 44.3 Å². The number of likely N-dealkylation sites (tertiary alicyclic amines) is 1. The molecule has 0 unspecified atom stereocenters. The molecule has 2 heterocycles. The summed E-state index contributed by atoms with van der Waals surface area (Å²) in [6, 6.07) is 23.9. The van der Waals surface area contributed by atoms with Gasteiger partial charge in [-0.2, -0.15) is 0 Å². The number of nitrogens with one attached hydrogen (secondary N) is 1. The SMILES string of the molecule is O=C(NCc1cccc(-c2ccc([C@H]3O[C@@H](CN4CCC[C@H]4CO)C[C@@H](c4ccc(CO)cc4)O3)cc2)c1)C(Cl)(Cl)Cl. The van der Waals surface area contributed by atoms with Crippen molar-refractivity contribution in [3.05, 3.63) is 95.1 Å². The van der Waals surface area contributed by atoms with Gasteiger partial charge in [0.05, 0.1) is 25.4 Å². The van der Waals surface area contributed by atoms with Crippen LogP contribution in [0.25, 0.3) is 11.1 Å². The van der Waals surface area contributed by atoms with E-state index in [1.807, 2.05) is 72.8 Å². The first kappa shape index (κ1) is 31.2. The Morgan fingerprint density at radius 1 is 0.929 bits per heavy atom. The molecule has 5 rings (SSSR count). The zero-order valence-electron chi connectivity index (χ0n) is 23.1. The second-order valence-electron chi connectivity index (χ2n) is 10.8. The largest absolute Gasteiger partial charge is 0.395 e. The molecule has 0 aliphatic carbocycles. The first-order valence-corrected chi connectivity index (χ1v) is 15.3. The summed E-state index contributed by atoms with van der Waals surface area (Å²) in [4.78, 5) is 14.2. The van der Waals surface area contributed by atoms with Gasteiger partial charge in [0.25, 0.3) is 9.70 Å². The van der Waals surface area contributed by atoms with E-state index in [1.54, 1.807) is 0 Å².